The molecule has 26 heavy (non-hydrogen) atoms. The van der Waals surface area contributed by atoms with Crippen molar-refractivity contribution in [2.75, 3.05) is 6.61 Å². The summed E-state index contributed by atoms with van der Waals surface area (Å²) in [6.07, 6.45) is 0.316. The van der Waals surface area contributed by atoms with E-state index in [4.69, 9.17) is 15.1 Å². The van der Waals surface area contributed by atoms with Crippen molar-refractivity contribution in [3.05, 3.63) is 54.1 Å². The molecule has 1 fully saturated rings. The van der Waals surface area contributed by atoms with E-state index >= 15 is 0 Å². The first-order chi connectivity index (χ1) is 12.5. The van der Waals surface area contributed by atoms with Gasteiger partial charge in [0.2, 0.25) is 5.91 Å². The lowest BCUT2D eigenvalue weighted by Crippen LogP contribution is -2.31. The van der Waals surface area contributed by atoms with E-state index < -0.39 is 11.9 Å². The summed E-state index contributed by atoms with van der Waals surface area (Å²) >= 11 is 0. The van der Waals surface area contributed by atoms with Crippen LogP contribution in [-0.2, 0) is 9.59 Å². The maximum Gasteiger partial charge on any atom is 0.304 e. The summed E-state index contributed by atoms with van der Waals surface area (Å²) in [5, 5.41) is 20.4. The van der Waals surface area contributed by atoms with Crippen molar-refractivity contribution in [3.8, 4) is 22.9 Å². The van der Waals surface area contributed by atoms with Gasteiger partial charge in [-0.15, -0.1) is 0 Å². The fourth-order valence-corrected chi connectivity index (χ4v) is 3.00. The minimum absolute atomic E-state index is 0.151. The topological polar surface area (TPSA) is 99.4 Å². The average Bonchev–Trinajstić information content (AvgIpc) is 2.99. The third kappa shape index (κ3) is 4.19. The minimum atomic E-state index is -0.967. The molecule has 1 aliphatic heterocycles. The van der Waals surface area contributed by atoms with Crippen molar-refractivity contribution < 1.29 is 19.4 Å². The average molecular weight is 350 g/mol. The SMILES string of the molecule is N#Cc1ccc(-c2ccc(OC[C@@H]3C[C@@H](CC(=O)O)C(=O)N3)cc2)cc1. The van der Waals surface area contributed by atoms with Crippen LogP contribution >= 0.6 is 0 Å². The van der Waals surface area contributed by atoms with E-state index in [-0.39, 0.29) is 18.4 Å². The van der Waals surface area contributed by atoms with Gasteiger partial charge >= 0.3 is 5.97 Å². The lowest BCUT2D eigenvalue weighted by molar-refractivity contribution is -0.140. The number of aliphatic carboxylic acids is 1. The fourth-order valence-electron chi connectivity index (χ4n) is 3.00. The normalized spacial score (nSPS) is 18.8. The predicted octanol–water partition coefficient (Wildman–Crippen LogP) is 2.58. The third-order valence-electron chi connectivity index (χ3n) is 4.36. The maximum atomic E-state index is 11.7. The van der Waals surface area contributed by atoms with Crippen molar-refractivity contribution in [2.45, 2.75) is 18.9 Å². The zero-order valence-corrected chi connectivity index (χ0v) is 14.0. The first-order valence-electron chi connectivity index (χ1n) is 8.30. The summed E-state index contributed by atoms with van der Waals surface area (Å²) in [6.45, 7) is 0.304. The Kier molecular flexibility index (Phi) is 5.18. The number of benzene rings is 2. The molecule has 132 valence electrons. The molecule has 2 atom stereocenters. The van der Waals surface area contributed by atoms with Crippen LogP contribution in [0, 0.1) is 17.2 Å². The van der Waals surface area contributed by atoms with E-state index in [0.717, 1.165) is 11.1 Å². The third-order valence-corrected chi connectivity index (χ3v) is 4.36. The largest absolute Gasteiger partial charge is 0.491 e. The van der Waals surface area contributed by atoms with Crippen LogP contribution in [0.1, 0.15) is 18.4 Å². The molecular formula is C20H18N2O4. The Balaban J connectivity index is 1.55. The number of nitrogens with zero attached hydrogens (tertiary/aromatic N) is 1. The van der Waals surface area contributed by atoms with E-state index in [9.17, 15) is 9.59 Å². The number of hydrogen-bond acceptors (Lipinski definition) is 4. The van der Waals surface area contributed by atoms with E-state index in [0.29, 0.717) is 24.3 Å². The molecule has 0 aromatic heterocycles. The van der Waals surface area contributed by atoms with Gasteiger partial charge in [-0.3, -0.25) is 9.59 Å². The zero-order chi connectivity index (χ0) is 18.5. The van der Waals surface area contributed by atoms with Crippen LogP contribution < -0.4 is 10.1 Å². The van der Waals surface area contributed by atoms with Crippen molar-refractivity contribution in [3.63, 3.8) is 0 Å². The van der Waals surface area contributed by atoms with Crippen molar-refractivity contribution >= 4 is 11.9 Å². The number of carboxylic acids is 1. The second kappa shape index (κ2) is 7.70. The second-order valence-corrected chi connectivity index (χ2v) is 6.26. The molecule has 0 aliphatic carbocycles. The second-order valence-electron chi connectivity index (χ2n) is 6.26. The highest BCUT2D eigenvalue weighted by molar-refractivity contribution is 5.85. The summed E-state index contributed by atoms with van der Waals surface area (Å²) in [6, 6.07) is 16.8. The quantitative estimate of drug-likeness (QED) is 0.834. The highest BCUT2D eigenvalue weighted by Crippen LogP contribution is 2.24. The molecule has 2 aromatic rings. The Bertz CT molecular complexity index is 838. The fraction of sp³-hybridized carbons (Fsp3) is 0.250. The van der Waals surface area contributed by atoms with Gasteiger partial charge in [0.15, 0.2) is 0 Å². The molecule has 1 heterocycles. The van der Waals surface area contributed by atoms with Gasteiger partial charge in [-0.05, 0) is 41.8 Å². The molecule has 0 bridgehead atoms. The summed E-state index contributed by atoms with van der Waals surface area (Å²) in [4.78, 5) is 22.5. The Morgan fingerprint density at radius 3 is 2.35 bits per heavy atom. The smallest absolute Gasteiger partial charge is 0.304 e. The lowest BCUT2D eigenvalue weighted by Gasteiger charge is -2.12. The summed E-state index contributed by atoms with van der Waals surface area (Å²) in [5.41, 5.74) is 2.64. The van der Waals surface area contributed by atoms with Gasteiger partial charge in [0.05, 0.1) is 30.0 Å². The van der Waals surface area contributed by atoms with Crippen molar-refractivity contribution in [2.24, 2.45) is 5.92 Å². The molecule has 2 aromatic carbocycles. The monoisotopic (exact) mass is 350 g/mol. The summed E-state index contributed by atoms with van der Waals surface area (Å²) in [5.74, 6) is -1.000. The minimum Gasteiger partial charge on any atom is -0.491 e. The highest BCUT2D eigenvalue weighted by atomic mass is 16.5. The van der Waals surface area contributed by atoms with Gasteiger partial charge in [-0.1, -0.05) is 24.3 Å². The number of rotatable bonds is 6. The van der Waals surface area contributed by atoms with E-state index in [1.165, 1.54) is 0 Å². The molecule has 0 saturated carbocycles. The molecule has 1 amide bonds. The number of carbonyl (C=O) groups is 2. The number of ether oxygens (including phenoxy) is 1. The van der Waals surface area contributed by atoms with Crippen LogP contribution in [0.15, 0.2) is 48.5 Å². The molecule has 3 rings (SSSR count). The molecule has 1 aliphatic rings. The number of nitrogens with one attached hydrogen (secondary N) is 1. The zero-order valence-electron chi connectivity index (χ0n) is 14.0. The molecule has 6 nitrogen and oxygen atoms in total. The summed E-state index contributed by atoms with van der Waals surface area (Å²) < 4.78 is 5.71. The van der Waals surface area contributed by atoms with Crippen LogP contribution in [0.3, 0.4) is 0 Å². The van der Waals surface area contributed by atoms with Gasteiger partial charge in [0.1, 0.15) is 12.4 Å². The number of carbonyl (C=O) groups excluding carboxylic acids is 1. The van der Waals surface area contributed by atoms with Gasteiger partial charge < -0.3 is 15.2 Å². The number of carboxylic acid groups (broad SMARTS) is 1. The van der Waals surface area contributed by atoms with Crippen molar-refractivity contribution in [1.29, 1.82) is 5.26 Å². The highest BCUT2D eigenvalue weighted by Gasteiger charge is 2.33. The summed E-state index contributed by atoms with van der Waals surface area (Å²) in [7, 11) is 0. The number of hydrogen-bond donors (Lipinski definition) is 2. The van der Waals surface area contributed by atoms with Crippen LogP contribution in [0.4, 0.5) is 0 Å². The van der Waals surface area contributed by atoms with Crippen molar-refractivity contribution in [1.82, 2.24) is 5.32 Å². The predicted molar refractivity (Wildman–Crippen MR) is 94.4 cm³/mol. The lowest BCUT2D eigenvalue weighted by atomic mass is 10.0. The molecule has 2 N–H and O–H groups in total. The van der Waals surface area contributed by atoms with Gasteiger partial charge in [-0.2, -0.15) is 5.26 Å². The molecule has 6 heteroatoms. The van der Waals surface area contributed by atoms with E-state index in [1.54, 1.807) is 12.1 Å². The Morgan fingerprint density at radius 2 is 1.77 bits per heavy atom. The molecule has 1 saturated heterocycles. The maximum absolute atomic E-state index is 11.7. The standard InChI is InChI=1S/C20H18N2O4/c21-11-13-1-3-14(4-2-13)15-5-7-18(8-6-15)26-12-17-9-16(10-19(23)24)20(25)22-17/h1-8,16-17H,9-10,12H2,(H,22,25)(H,23,24)/t16-,17-/m0/s1. The molecule has 0 radical (unpaired) electrons. The Hall–Kier alpha value is -3.33. The van der Waals surface area contributed by atoms with Crippen LogP contribution in [-0.4, -0.2) is 29.6 Å². The number of amides is 1. The van der Waals surface area contributed by atoms with E-state index in [1.807, 2.05) is 36.4 Å². The van der Waals surface area contributed by atoms with Gasteiger partial charge in [0.25, 0.3) is 0 Å². The number of nitriles is 1. The van der Waals surface area contributed by atoms with E-state index in [2.05, 4.69) is 11.4 Å². The molecular weight excluding hydrogens is 332 g/mol. The van der Waals surface area contributed by atoms with Crippen LogP contribution in [0.25, 0.3) is 11.1 Å². The first kappa shape index (κ1) is 17.5. The Morgan fingerprint density at radius 1 is 1.15 bits per heavy atom. The van der Waals surface area contributed by atoms with Crippen LogP contribution in [0.5, 0.6) is 5.75 Å². The molecule has 0 spiro atoms. The first-order valence-corrected chi connectivity index (χ1v) is 8.30. The van der Waals surface area contributed by atoms with Crippen LogP contribution in [0.2, 0.25) is 0 Å². The van der Waals surface area contributed by atoms with Gasteiger partial charge in [0, 0.05) is 0 Å². The molecule has 0 unspecified atom stereocenters. The Labute approximate surface area is 151 Å². The van der Waals surface area contributed by atoms with Gasteiger partial charge in [-0.25, -0.2) is 0 Å².